The normalized spacial score (nSPS) is 12.1. The van der Waals surface area contributed by atoms with Crippen LogP contribution >= 0.6 is 11.6 Å². The fourth-order valence-corrected chi connectivity index (χ4v) is 3.76. The van der Waals surface area contributed by atoms with Crippen LogP contribution in [0.5, 0.6) is 0 Å². The molecule has 3 heterocycles. The zero-order valence-electron chi connectivity index (χ0n) is 17.5. The number of para-hydroxylation sites is 1. The van der Waals surface area contributed by atoms with Crippen LogP contribution in [0.2, 0.25) is 5.02 Å². The monoisotopic (exact) mass is 438 g/mol. The number of benzene rings is 1. The molecule has 1 N–H and O–H groups in total. The smallest absolute Gasteiger partial charge is 0.284 e. The summed E-state index contributed by atoms with van der Waals surface area (Å²) in [4.78, 5) is 28.5. The lowest BCUT2D eigenvalue weighted by molar-refractivity contribution is 0.570. The third-order valence-corrected chi connectivity index (χ3v) is 5.33. The number of nitrogens with one attached hydrogen (secondary N) is 1. The number of halogens is 1. The summed E-state index contributed by atoms with van der Waals surface area (Å²) in [6, 6.07) is 10.8. The third kappa shape index (κ3) is 3.84. The van der Waals surface area contributed by atoms with Gasteiger partial charge in [0.05, 0.1) is 16.8 Å². The summed E-state index contributed by atoms with van der Waals surface area (Å²) in [6.07, 6.45) is 4.02. The van der Waals surface area contributed by atoms with E-state index in [4.69, 9.17) is 16.7 Å². The average molecular weight is 439 g/mol. The molecule has 0 aliphatic rings. The fourth-order valence-electron chi connectivity index (χ4n) is 3.54. The lowest BCUT2D eigenvalue weighted by Crippen LogP contribution is -2.36. The average Bonchev–Trinajstić information content (AvgIpc) is 3.18. The second-order valence-corrected chi connectivity index (χ2v) is 7.43. The summed E-state index contributed by atoms with van der Waals surface area (Å²) >= 11 is 6.29. The Hall–Kier alpha value is -3.46. The quantitative estimate of drug-likeness (QED) is 0.473. The van der Waals surface area contributed by atoms with E-state index < -0.39 is 0 Å². The summed E-state index contributed by atoms with van der Waals surface area (Å²) in [5.41, 5.74) is 0.812. The highest BCUT2D eigenvalue weighted by atomic mass is 35.5. The molecule has 0 bridgehead atoms. The van der Waals surface area contributed by atoms with E-state index in [-0.39, 0.29) is 11.6 Å². The van der Waals surface area contributed by atoms with Crippen molar-refractivity contribution >= 4 is 29.0 Å². The number of rotatable bonds is 7. The molecule has 1 aromatic carbocycles. The molecule has 0 saturated carbocycles. The summed E-state index contributed by atoms with van der Waals surface area (Å²) in [5, 5.41) is 8.07. The van der Waals surface area contributed by atoms with Gasteiger partial charge in [-0.1, -0.05) is 36.7 Å². The van der Waals surface area contributed by atoms with E-state index in [1.807, 2.05) is 42.2 Å². The van der Waals surface area contributed by atoms with Crippen molar-refractivity contribution in [3.63, 3.8) is 0 Å². The topological polar surface area (TPSA) is 93.2 Å². The minimum atomic E-state index is -0.314. The van der Waals surface area contributed by atoms with Crippen molar-refractivity contribution in [2.75, 3.05) is 23.8 Å². The van der Waals surface area contributed by atoms with Gasteiger partial charge in [0.1, 0.15) is 11.8 Å². The molecule has 10 heteroatoms. The zero-order chi connectivity index (χ0) is 22.0. The molecule has 0 radical (unpaired) electrons. The molecule has 0 fully saturated rings. The minimum Gasteiger partial charge on any atom is -0.357 e. The van der Waals surface area contributed by atoms with Crippen molar-refractivity contribution in [2.24, 2.45) is 0 Å². The molecule has 0 amide bonds. The first-order valence-corrected chi connectivity index (χ1v) is 10.4. The molecule has 0 aliphatic carbocycles. The van der Waals surface area contributed by atoms with Gasteiger partial charge in [-0.25, -0.2) is 14.5 Å². The Morgan fingerprint density at radius 3 is 2.68 bits per heavy atom. The Labute approximate surface area is 184 Å². The second-order valence-electron chi connectivity index (χ2n) is 7.02. The summed E-state index contributed by atoms with van der Waals surface area (Å²) in [7, 11) is 1.75. The van der Waals surface area contributed by atoms with Gasteiger partial charge in [-0.05, 0) is 31.5 Å². The van der Waals surface area contributed by atoms with Gasteiger partial charge in [0, 0.05) is 19.8 Å². The van der Waals surface area contributed by atoms with Crippen LogP contribution in [0.4, 0.5) is 11.9 Å². The molecule has 160 valence electrons. The number of fused-ring (bicyclic) bond motifs is 1. The van der Waals surface area contributed by atoms with E-state index >= 15 is 0 Å². The van der Waals surface area contributed by atoms with Crippen LogP contribution in [0, 0.1) is 0 Å². The van der Waals surface area contributed by atoms with Gasteiger partial charge in [0.2, 0.25) is 11.9 Å². The number of hydrogen-bond donors (Lipinski definition) is 1. The fraction of sp³-hybridized carbons (Fsp3) is 0.286. The Kier molecular flexibility index (Phi) is 5.85. The maximum Gasteiger partial charge on any atom is 0.284 e. The maximum absolute atomic E-state index is 13.5. The first kappa shape index (κ1) is 20.8. The Balaban J connectivity index is 1.93. The van der Waals surface area contributed by atoms with Crippen LogP contribution < -0.4 is 15.8 Å². The summed E-state index contributed by atoms with van der Waals surface area (Å²) < 4.78 is 3.14. The van der Waals surface area contributed by atoms with E-state index in [9.17, 15) is 4.79 Å². The molecule has 0 unspecified atom stereocenters. The molecule has 0 aliphatic heterocycles. The van der Waals surface area contributed by atoms with Crippen LogP contribution in [0.1, 0.15) is 32.1 Å². The van der Waals surface area contributed by atoms with Gasteiger partial charge in [0.25, 0.3) is 5.56 Å². The highest BCUT2D eigenvalue weighted by Gasteiger charge is 2.26. The van der Waals surface area contributed by atoms with Gasteiger partial charge >= 0.3 is 0 Å². The minimum absolute atomic E-state index is 0.235. The van der Waals surface area contributed by atoms with E-state index in [0.717, 1.165) is 6.42 Å². The highest BCUT2D eigenvalue weighted by Crippen LogP contribution is 2.26. The number of anilines is 2. The maximum atomic E-state index is 13.5. The SMILES string of the molecule is CCCN(c1ncnc(NC)n1)[C@@H](C)c1nn2ccc(Cl)c2c(=O)n1-c1ccccc1. The van der Waals surface area contributed by atoms with E-state index in [1.54, 1.807) is 23.9 Å². The first-order valence-electron chi connectivity index (χ1n) is 10.0. The van der Waals surface area contributed by atoms with Gasteiger partial charge in [-0.2, -0.15) is 10.1 Å². The van der Waals surface area contributed by atoms with Crippen molar-refractivity contribution in [1.29, 1.82) is 0 Å². The van der Waals surface area contributed by atoms with E-state index in [1.165, 1.54) is 10.8 Å². The van der Waals surface area contributed by atoms with Crippen LogP contribution in [0.25, 0.3) is 11.2 Å². The molecule has 0 saturated heterocycles. The Morgan fingerprint density at radius 1 is 1.19 bits per heavy atom. The molecule has 4 aromatic rings. The molecule has 31 heavy (non-hydrogen) atoms. The lowest BCUT2D eigenvalue weighted by Gasteiger charge is -2.30. The van der Waals surface area contributed by atoms with Crippen molar-refractivity contribution in [1.82, 2.24) is 29.1 Å². The molecular weight excluding hydrogens is 416 g/mol. The van der Waals surface area contributed by atoms with Gasteiger partial charge in [-0.3, -0.25) is 9.36 Å². The molecule has 9 nitrogen and oxygen atoms in total. The molecule has 1 atom stereocenters. The largest absolute Gasteiger partial charge is 0.357 e. The third-order valence-electron chi connectivity index (χ3n) is 5.02. The van der Waals surface area contributed by atoms with Crippen molar-refractivity contribution < 1.29 is 0 Å². The van der Waals surface area contributed by atoms with Gasteiger partial charge in [-0.15, -0.1) is 0 Å². The molecule has 0 spiro atoms. The zero-order valence-corrected chi connectivity index (χ0v) is 18.3. The van der Waals surface area contributed by atoms with Crippen molar-refractivity contribution in [3.8, 4) is 5.69 Å². The first-order chi connectivity index (χ1) is 15.0. The summed E-state index contributed by atoms with van der Waals surface area (Å²) in [5.74, 6) is 1.53. The number of nitrogens with zero attached hydrogens (tertiary/aromatic N) is 7. The van der Waals surface area contributed by atoms with E-state index in [2.05, 4.69) is 27.2 Å². The van der Waals surface area contributed by atoms with Crippen LogP contribution in [-0.4, -0.2) is 42.7 Å². The van der Waals surface area contributed by atoms with Crippen molar-refractivity contribution in [2.45, 2.75) is 26.3 Å². The molecule has 3 aromatic heterocycles. The standard InChI is InChI=1S/C21H23ClN8O/c1-4-11-28(21-25-13-24-20(23-3)26-21)14(2)18-27-29-12-10-16(22)17(29)19(31)30(18)15-8-6-5-7-9-15/h5-10,12-14H,4,11H2,1-3H3,(H,23,24,25,26)/t14-/m0/s1. The Morgan fingerprint density at radius 2 is 1.97 bits per heavy atom. The molecule has 4 rings (SSSR count). The Bertz CT molecular complexity index is 1250. The second kappa shape index (κ2) is 8.73. The van der Waals surface area contributed by atoms with Gasteiger partial charge < -0.3 is 10.2 Å². The predicted molar refractivity (Wildman–Crippen MR) is 121 cm³/mol. The lowest BCUT2D eigenvalue weighted by atomic mass is 10.2. The van der Waals surface area contributed by atoms with Gasteiger partial charge in [0.15, 0.2) is 5.82 Å². The van der Waals surface area contributed by atoms with Crippen LogP contribution in [0.3, 0.4) is 0 Å². The van der Waals surface area contributed by atoms with Crippen LogP contribution in [-0.2, 0) is 0 Å². The van der Waals surface area contributed by atoms with Crippen LogP contribution in [0.15, 0.2) is 53.7 Å². The summed E-state index contributed by atoms with van der Waals surface area (Å²) in [6.45, 7) is 4.73. The van der Waals surface area contributed by atoms with Crippen molar-refractivity contribution in [3.05, 3.63) is 70.1 Å². The molecular formula is C21H23ClN8O. The highest BCUT2D eigenvalue weighted by molar-refractivity contribution is 6.33. The number of aromatic nitrogens is 6. The van der Waals surface area contributed by atoms with E-state index in [0.29, 0.717) is 40.5 Å². The number of hydrogen-bond acceptors (Lipinski definition) is 7. The predicted octanol–water partition coefficient (Wildman–Crippen LogP) is 3.34.